The molecule has 2 atom stereocenters. The Morgan fingerprint density at radius 1 is 1.16 bits per heavy atom. The lowest BCUT2D eigenvalue weighted by atomic mass is 9.90. The summed E-state index contributed by atoms with van der Waals surface area (Å²) in [6, 6.07) is 4.79. The highest BCUT2D eigenvalue weighted by atomic mass is 16.5. The van der Waals surface area contributed by atoms with Gasteiger partial charge in [-0.1, -0.05) is 33.8 Å². The van der Waals surface area contributed by atoms with Gasteiger partial charge in [-0.2, -0.15) is 0 Å². The lowest BCUT2D eigenvalue weighted by Crippen LogP contribution is -2.45. The van der Waals surface area contributed by atoms with Crippen molar-refractivity contribution >= 4 is 5.69 Å². The van der Waals surface area contributed by atoms with Crippen LogP contribution >= 0.6 is 0 Å². The Morgan fingerprint density at radius 3 is 2.42 bits per heavy atom. The molecule has 1 aromatic carbocycles. The molecule has 0 saturated heterocycles. The van der Waals surface area contributed by atoms with E-state index in [1.54, 1.807) is 0 Å². The Kier molecular flexibility index (Phi) is 4.07. The van der Waals surface area contributed by atoms with Gasteiger partial charge in [-0.25, -0.2) is 0 Å². The minimum absolute atomic E-state index is 0.272. The molecular formula is C17H27NO. The number of hydrogen-bond acceptors (Lipinski definition) is 2. The van der Waals surface area contributed by atoms with Crippen molar-refractivity contribution in [1.29, 1.82) is 0 Å². The van der Waals surface area contributed by atoms with Gasteiger partial charge in [-0.05, 0) is 49.3 Å². The molecule has 0 fully saturated rings. The maximum Gasteiger partial charge on any atom is 0.145 e. The average molecular weight is 261 g/mol. The van der Waals surface area contributed by atoms with Crippen LogP contribution in [0.1, 0.15) is 45.2 Å². The van der Waals surface area contributed by atoms with Crippen molar-refractivity contribution in [3.05, 3.63) is 23.3 Å². The molecule has 2 nitrogen and oxygen atoms in total. The third-order valence-corrected chi connectivity index (χ3v) is 3.83. The first-order valence-corrected chi connectivity index (χ1v) is 7.43. The van der Waals surface area contributed by atoms with Crippen LogP contribution in [0.4, 0.5) is 5.69 Å². The SMILES string of the molecule is Cc1cc(C)c2c(c1)NC(C(C)C)C(CC(C)C)O2. The van der Waals surface area contributed by atoms with Gasteiger partial charge in [0.1, 0.15) is 11.9 Å². The molecule has 1 aliphatic heterocycles. The second-order valence-electron chi connectivity index (χ2n) is 6.66. The molecule has 0 aliphatic carbocycles. The zero-order chi connectivity index (χ0) is 14.2. The molecule has 0 saturated carbocycles. The molecule has 2 rings (SSSR count). The summed E-state index contributed by atoms with van der Waals surface area (Å²) in [6.07, 6.45) is 1.37. The summed E-state index contributed by atoms with van der Waals surface area (Å²) in [5, 5.41) is 3.71. The maximum atomic E-state index is 6.34. The van der Waals surface area contributed by atoms with Crippen LogP contribution in [-0.4, -0.2) is 12.1 Å². The summed E-state index contributed by atoms with van der Waals surface area (Å²) in [4.78, 5) is 0. The van der Waals surface area contributed by atoms with Gasteiger partial charge in [0.25, 0.3) is 0 Å². The van der Waals surface area contributed by atoms with Gasteiger partial charge < -0.3 is 10.1 Å². The number of rotatable bonds is 3. The van der Waals surface area contributed by atoms with Crippen molar-refractivity contribution in [1.82, 2.24) is 0 Å². The Morgan fingerprint density at radius 2 is 1.84 bits per heavy atom. The highest BCUT2D eigenvalue weighted by Crippen LogP contribution is 2.38. The summed E-state index contributed by atoms with van der Waals surface area (Å²) in [6.45, 7) is 13.3. The molecule has 1 aromatic rings. The normalized spacial score (nSPS) is 22.1. The van der Waals surface area contributed by atoms with Gasteiger partial charge in [-0.3, -0.25) is 0 Å². The smallest absolute Gasteiger partial charge is 0.145 e. The second-order valence-corrected chi connectivity index (χ2v) is 6.66. The van der Waals surface area contributed by atoms with Gasteiger partial charge >= 0.3 is 0 Å². The van der Waals surface area contributed by atoms with Crippen LogP contribution in [0.3, 0.4) is 0 Å². The van der Waals surface area contributed by atoms with Crippen molar-refractivity contribution in [2.45, 2.75) is 60.1 Å². The largest absolute Gasteiger partial charge is 0.486 e. The van der Waals surface area contributed by atoms with Gasteiger partial charge in [-0.15, -0.1) is 0 Å². The van der Waals surface area contributed by atoms with Crippen molar-refractivity contribution in [3.8, 4) is 5.75 Å². The van der Waals surface area contributed by atoms with E-state index in [9.17, 15) is 0 Å². The number of nitrogens with one attached hydrogen (secondary N) is 1. The van der Waals surface area contributed by atoms with Crippen LogP contribution in [0.5, 0.6) is 5.75 Å². The highest BCUT2D eigenvalue weighted by molar-refractivity contribution is 5.63. The number of anilines is 1. The van der Waals surface area contributed by atoms with E-state index in [1.807, 2.05) is 0 Å². The van der Waals surface area contributed by atoms with Crippen LogP contribution in [0, 0.1) is 25.7 Å². The van der Waals surface area contributed by atoms with Crippen LogP contribution < -0.4 is 10.1 Å². The predicted molar refractivity (Wildman–Crippen MR) is 82.0 cm³/mol. The van der Waals surface area contributed by atoms with Crippen molar-refractivity contribution in [2.75, 3.05) is 5.32 Å². The van der Waals surface area contributed by atoms with E-state index >= 15 is 0 Å². The number of benzene rings is 1. The summed E-state index contributed by atoms with van der Waals surface area (Å²) in [5.74, 6) is 2.27. The zero-order valence-electron chi connectivity index (χ0n) is 13.1. The molecule has 0 spiro atoms. The second kappa shape index (κ2) is 5.44. The highest BCUT2D eigenvalue weighted by Gasteiger charge is 2.32. The van der Waals surface area contributed by atoms with Crippen molar-refractivity contribution in [2.24, 2.45) is 11.8 Å². The topological polar surface area (TPSA) is 21.3 Å². The third-order valence-electron chi connectivity index (χ3n) is 3.83. The number of ether oxygens (including phenoxy) is 1. The molecule has 1 N–H and O–H groups in total. The molecule has 2 heteroatoms. The summed E-state index contributed by atoms with van der Waals surface area (Å²) >= 11 is 0. The Balaban J connectivity index is 2.33. The van der Waals surface area contributed by atoms with Crippen molar-refractivity contribution in [3.63, 3.8) is 0 Å². The minimum Gasteiger partial charge on any atom is -0.486 e. The standard InChI is InChI=1S/C17H27NO/c1-10(2)7-15-16(11(3)4)18-14-9-12(5)8-13(6)17(14)19-15/h8-11,15-16,18H,7H2,1-6H3. The van der Waals surface area contributed by atoms with E-state index in [-0.39, 0.29) is 6.10 Å². The van der Waals surface area contributed by atoms with E-state index in [4.69, 9.17) is 4.74 Å². The van der Waals surface area contributed by atoms with E-state index in [1.165, 1.54) is 11.1 Å². The number of hydrogen-bond donors (Lipinski definition) is 1. The molecule has 106 valence electrons. The minimum atomic E-state index is 0.272. The van der Waals surface area contributed by atoms with E-state index < -0.39 is 0 Å². The summed E-state index contributed by atoms with van der Waals surface area (Å²) in [7, 11) is 0. The monoisotopic (exact) mass is 261 g/mol. The fourth-order valence-corrected chi connectivity index (χ4v) is 2.97. The Bertz CT molecular complexity index is 451. The van der Waals surface area contributed by atoms with Crippen LogP contribution in [0.25, 0.3) is 0 Å². The van der Waals surface area contributed by atoms with E-state index in [0.717, 1.165) is 17.9 Å². The van der Waals surface area contributed by atoms with Gasteiger partial charge in [0, 0.05) is 0 Å². The summed E-state index contributed by atoms with van der Waals surface area (Å²) in [5.41, 5.74) is 3.69. The van der Waals surface area contributed by atoms with Crippen LogP contribution in [0.2, 0.25) is 0 Å². The maximum absolute atomic E-state index is 6.34. The number of fused-ring (bicyclic) bond motifs is 1. The quantitative estimate of drug-likeness (QED) is 0.862. The van der Waals surface area contributed by atoms with E-state index in [0.29, 0.717) is 17.9 Å². The number of aryl methyl sites for hydroxylation is 2. The van der Waals surface area contributed by atoms with Crippen LogP contribution in [-0.2, 0) is 0 Å². The molecule has 0 radical (unpaired) electrons. The molecule has 0 amide bonds. The predicted octanol–water partition coefficient (Wildman–Crippen LogP) is 4.55. The Hall–Kier alpha value is -1.18. The molecule has 0 bridgehead atoms. The summed E-state index contributed by atoms with van der Waals surface area (Å²) < 4.78 is 6.34. The molecule has 1 aliphatic rings. The molecular weight excluding hydrogens is 234 g/mol. The molecule has 0 aromatic heterocycles. The van der Waals surface area contributed by atoms with Gasteiger partial charge in [0.05, 0.1) is 11.7 Å². The van der Waals surface area contributed by atoms with Gasteiger partial charge in [0.15, 0.2) is 0 Å². The first-order valence-electron chi connectivity index (χ1n) is 7.43. The average Bonchev–Trinajstić information content (AvgIpc) is 2.28. The third kappa shape index (κ3) is 3.05. The van der Waals surface area contributed by atoms with Gasteiger partial charge in [0.2, 0.25) is 0 Å². The first-order chi connectivity index (χ1) is 8.88. The Labute approximate surface area is 117 Å². The van der Waals surface area contributed by atoms with Crippen molar-refractivity contribution < 1.29 is 4.74 Å². The lowest BCUT2D eigenvalue weighted by molar-refractivity contribution is 0.124. The van der Waals surface area contributed by atoms with E-state index in [2.05, 4.69) is 59.0 Å². The molecule has 19 heavy (non-hydrogen) atoms. The lowest BCUT2D eigenvalue weighted by Gasteiger charge is -2.39. The molecule has 2 unspecified atom stereocenters. The van der Waals surface area contributed by atoms with Crippen LogP contribution in [0.15, 0.2) is 12.1 Å². The zero-order valence-corrected chi connectivity index (χ0v) is 13.1. The first kappa shape index (κ1) is 14.2. The fourth-order valence-electron chi connectivity index (χ4n) is 2.97. The molecule has 1 heterocycles. The fraction of sp³-hybridized carbons (Fsp3) is 0.647.